The van der Waals surface area contributed by atoms with Crippen LogP contribution in [0.5, 0.6) is 0 Å². The molecule has 0 aromatic rings. The fourth-order valence-electron chi connectivity index (χ4n) is 3.48. The van der Waals surface area contributed by atoms with Crippen molar-refractivity contribution in [3.8, 4) is 0 Å². The van der Waals surface area contributed by atoms with Crippen molar-refractivity contribution in [1.29, 1.82) is 0 Å². The maximum absolute atomic E-state index is 12.3. The third-order valence-electron chi connectivity index (χ3n) is 4.60. The Labute approximate surface area is 113 Å². The van der Waals surface area contributed by atoms with E-state index in [0.29, 0.717) is 18.8 Å². The second-order valence-corrected chi connectivity index (χ2v) is 6.19. The highest BCUT2D eigenvalue weighted by Gasteiger charge is 2.42. The van der Waals surface area contributed by atoms with Gasteiger partial charge < -0.3 is 16.2 Å². The number of hydrogen-bond donors (Lipinski definition) is 3. The molecule has 5 nitrogen and oxygen atoms in total. The Morgan fingerprint density at radius 3 is 2.42 bits per heavy atom. The van der Waals surface area contributed by atoms with Crippen LogP contribution in [-0.4, -0.2) is 29.1 Å². The quantitative estimate of drug-likeness (QED) is 0.715. The minimum absolute atomic E-state index is 0.0137. The Hall–Kier alpha value is -1.10. The van der Waals surface area contributed by atoms with Crippen molar-refractivity contribution in [1.82, 2.24) is 5.32 Å². The van der Waals surface area contributed by atoms with Crippen molar-refractivity contribution < 1.29 is 14.7 Å². The molecular formula is C14H24N2O3. The van der Waals surface area contributed by atoms with Gasteiger partial charge in [-0.3, -0.25) is 9.59 Å². The van der Waals surface area contributed by atoms with Crippen molar-refractivity contribution >= 4 is 11.9 Å². The highest BCUT2D eigenvalue weighted by molar-refractivity contribution is 5.85. The van der Waals surface area contributed by atoms with Crippen LogP contribution in [0.1, 0.15) is 45.4 Å². The van der Waals surface area contributed by atoms with Gasteiger partial charge in [-0.25, -0.2) is 0 Å². The number of amides is 1. The van der Waals surface area contributed by atoms with E-state index >= 15 is 0 Å². The van der Waals surface area contributed by atoms with Crippen molar-refractivity contribution in [3.05, 3.63) is 0 Å². The Balaban J connectivity index is 1.96. The molecule has 0 heterocycles. The lowest BCUT2D eigenvalue weighted by atomic mass is 9.89. The van der Waals surface area contributed by atoms with E-state index in [4.69, 9.17) is 5.73 Å². The fraction of sp³-hybridized carbons (Fsp3) is 0.857. The van der Waals surface area contributed by atoms with Gasteiger partial charge in [-0.15, -0.1) is 0 Å². The van der Waals surface area contributed by atoms with Gasteiger partial charge in [0.1, 0.15) is 0 Å². The number of nitrogens with one attached hydrogen (secondary N) is 1. The average Bonchev–Trinajstić information content (AvgIpc) is 2.74. The number of nitrogens with two attached hydrogens (primary N) is 1. The minimum Gasteiger partial charge on any atom is -0.481 e. The predicted molar refractivity (Wildman–Crippen MR) is 71.4 cm³/mol. The summed E-state index contributed by atoms with van der Waals surface area (Å²) in [6, 6.07) is 0.0337. The third kappa shape index (κ3) is 3.26. The van der Waals surface area contributed by atoms with Gasteiger partial charge in [-0.1, -0.05) is 19.8 Å². The van der Waals surface area contributed by atoms with Crippen LogP contribution >= 0.6 is 0 Å². The van der Waals surface area contributed by atoms with Gasteiger partial charge in [-0.05, 0) is 31.6 Å². The second kappa shape index (κ2) is 5.90. The van der Waals surface area contributed by atoms with Gasteiger partial charge in [0, 0.05) is 12.1 Å². The number of carbonyl (C=O) groups excluding carboxylic acids is 1. The minimum atomic E-state index is -0.850. The Morgan fingerprint density at radius 2 is 1.79 bits per heavy atom. The molecule has 2 fully saturated rings. The summed E-state index contributed by atoms with van der Waals surface area (Å²) in [6.07, 6.45) is 5.32. The summed E-state index contributed by atoms with van der Waals surface area (Å²) >= 11 is 0. The highest BCUT2D eigenvalue weighted by Crippen LogP contribution is 2.36. The normalized spacial score (nSPS) is 38.9. The van der Waals surface area contributed by atoms with Crippen LogP contribution in [0.4, 0.5) is 0 Å². The first-order valence-corrected chi connectivity index (χ1v) is 7.27. The van der Waals surface area contributed by atoms with Crippen LogP contribution < -0.4 is 11.1 Å². The van der Waals surface area contributed by atoms with Crippen LogP contribution in [0, 0.1) is 17.8 Å². The molecule has 3 unspecified atom stereocenters. The van der Waals surface area contributed by atoms with Crippen LogP contribution in [0.15, 0.2) is 0 Å². The number of carbonyl (C=O) groups is 2. The Morgan fingerprint density at radius 1 is 1.16 bits per heavy atom. The van der Waals surface area contributed by atoms with Crippen molar-refractivity contribution in [2.45, 2.75) is 57.5 Å². The Bertz CT molecular complexity index is 359. The molecule has 0 aliphatic heterocycles. The van der Waals surface area contributed by atoms with E-state index in [2.05, 4.69) is 5.32 Å². The number of carboxylic acid groups (broad SMARTS) is 1. The first kappa shape index (κ1) is 14.3. The first-order chi connectivity index (χ1) is 8.99. The zero-order chi connectivity index (χ0) is 14.0. The number of hydrogen-bond acceptors (Lipinski definition) is 3. The van der Waals surface area contributed by atoms with E-state index < -0.39 is 11.9 Å². The molecule has 2 aliphatic rings. The maximum Gasteiger partial charge on any atom is 0.307 e. The van der Waals surface area contributed by atoms with Gasteiger partial charge in [-0.2, -0.15) is 0 Å². The zero-order valence-corrected chi connectivity index (χ0v) is 11.5. The lowest BCUT2D eigenvalue weighted by molar-refractivity contribution is -0.146. The molecule has 0 radical (unpaired) electrons. The van der Waals surface area contributed by atoms with E-state index in [1.807, 2.05) is 6.92 Å². The van der Waals surface area contributed by atoms with Crippen LogP contribution in [0.2, 0.25) is 0 Å². The summed E-state index contributed by atoms with van der Waals surface area (Å²) < 4.78 is 0. The standard InChI is InChI=1S/C14H24N2O3/c1-8-6-9(10(7-8)14(18)19)13(17)16-12-5-3-2-4-11(12)15/h8-12H,2-7,15H2,1H3,(H,16,17)(H,18,19)/t8?,9-,10+,11?,12?/m0/s1. The molecule has 19 heavy (non-hydrogen) atoms. The van der Waals surface area contributed by atoms with Gasteiger partial charge in [0.15, 0.2) is 0 Å². The number of rotatable bonds is 3. The van der Waals surface area contributed by atoms with Crippen LogP contribution in [0.3, 0.4) is 0 Å². The molecular weight excluding hydrogens is 244 g/mol. The number of aliphatic carboxylic acids is 1. The molecule has 5 heteroatoms. The lowest BCUT2D eigenvalue weighted by Gasteiger charge is -2.30. The third-order valence-corrected chi connectivity index (χ3v) is 4.60. The molecule has 0 bridgehead atoms. The number of carboxylic acids is 1. The summed E-state index contributed by atoms with van der Waals surface area (Å²) in [5.74, 6) is -1.58. The van der Waals surface area contributed by atoms with Gasteiger partial charge >= 0.3 is 5.97 Å². The Kier molecular flexibility index (Phi) is 4.45. The molecule has 0 aromatic carbocycles. The fourth-order valence-corrected chi connectivity index (χ4v) is 3.48. The molecule has 108 valence electrons. The molecule has 2 rings (SSSR count). The zero-order valence-electron chi connectivity index (χ0n) is 11.5. The van der Waals surface area contributed by atoms with E-state index in [0.717, 1.165) is 25.7 Å². The molecule has 0 spiro atoms. The lowest BCUT2D eigenvalue weighted by Crippen LogP contribution is -2.51. The monoisotopic (exact) mass is 268 g/mol. The van der Waals surface area contributed by atoms with Crippen molar-refractivity contribution in [2.75, 3.05) is 0 Å². The summed E-state index contributed by atoms with van der Waals surface area (Å²) in [5, 5.41) is 12.2. The van der Waals surface area contributed by atoms with Crippen LogP contribution in [0.25, 0.3) is 0 Å². The van der Waals surface area contributed by atoms with E-state index in [-0.39, 0.29) is 23.9 Å². The average molecular weight is 268 g/mol. The summed E-state index contributed by atoms with van der Waals surface area (Å²) in [5.41, 5.74) is 6.02. The second-order valence-electron chi connectivity index (χ2n) is 6.19. The van der Waals surface area contributed by atoms with E-state index in [1.54, 1.807) is 0 Å². The molecule has 4 N–H and O–H groups in total. The van der Waals surface area contributed by atoms with Gasteiger partial charge in [0.2, 0.25) is 5.91 Å². The summed E-state index contributed by atoms with van der Waals surface area (Å²) in [4.78, 5) is 23.5. The summed E-state index contributed by atoms with van der Waals surface area (Å²) in [7, 11) is 0. The smallest absolute Gasteiger partial charge is 0.307 e. The summed E-state index contributed by atoms with van der Waals surface area (Å²) in [6.45, 7) is 2.01. The molecule has 0 saturated heterocycles. The molecule has 0 aromatic heterocycles. The SMILES string of the molecule is CC1C[C@H](C(=O)NC2CCCCC2N)[C@H](C(=O)O)C1. The maximum atomic E-state index is 12.3. The highest BCUT2D eigenvalue weighted by atomic mass is 16.4. The van der Waals surface area contributed by atoms with E-state index in [1.165, 1.54) is 0 Å². The van der Waals surface area contributed by atoms with Gasteiger partial charge in [0.25, 0.3) is 0 Å². The van der Waals surface area contributed by atoms with Crippen LogP contribution in [-0.2, 0) is 9.59 Å². The van der Waals surface area contributed by atoms with Gasteiger partial charge in [0.05, 0.1) is 11.8 Å². The van der Waals surface area contributed by atoms with Crippen molar-refractivity contribution in [3.63, 3.8) is 0 Å². The predicted octanol–water partition coefficient (Wildman–Crippen LogP) is 1.12. The molecule has 5 atom stereocenters. The molecule has 1 amide bonds. The topological polar surface area (TPSA) is 92.4 Å². The van der Waals surface area contributed by atoms with E-state index in [9.17, 15) is 14.7 Å². The van der Waals surface area contributed by atoms with Crippen molar-refractivity contribution in [2.24, 2.45) is 23.5 Å². The molecule has 2 saturated carbocycles. The first-order valence-electron chi connectivity index (χ1n) is 7.27. The molecule has 2 aliphatic carbocycles. The largest absolute Gasteiger partial charge is 0.481 e.